The topological polar surface area (TPSA) is 9.23 Å². The second-order valence-corrected chi connectivity index (χ2v) is 7.01. The molecule has 2 unspecified atom stereocenters. The molecule has 2 aromatic carbocycles. The molecule has 1 aliphatic heterocycles. The first-order chi connectivity index (χ1) is 12.5. The zero-order valence-corrected chi connectivity index (χ0v) is 15.3. The summed E-state index contributed by atoms with van der Waals surface area (Å²) >= 11 is 0. The molecule has 0 saturated carbocycles. The van der Waals surface area contributed by atoms with Crippen LogP contribution in [0.5, 0.6) is 0 Å². The Morgan fingerprint density at radius 1 is 1.00 bits per heavy atom. The lowest BCUT2D eigenvalue weighted by Gasteiger charge is -2.29. The van der Waals surface area contributed by atoms with Crippen LogP contribution in [0.15, 0.2) is 30.3 Å². The highest BCUT2D eigenvalue weighted by molar-refractivity contribution is 5.65. The summed E-state index contributed by atoms with van der Waals surface area (Å²) in [6, 6.07) is 7.73. The first kappa shape index (κ1) is 19.0. The Balaban J connectivity index is 1.82. The molecule has 2 atom stereocenters. The highest BCUT2D eigenvalue weighted by Gasteiger charge is 2.25. The Morgan fingerprint density at radius 3 is 2.42 bits per heavy atom. The van der Waals surface area contributed by atoms with Gasteiger partial charge in [-0.15, -0.1) is 0 Å². The van der Waals surface area contributed by atoms with Crippen molar-refractivity contribution >= 4 is 0 Å². The van der Waals surface area contributed by atoms with Crippen LogP contribution in [0.3, 0.4) is 0 Å². The third-order valence-corrected chi connectivity index (χ3v) is 5.28. The zero-order valence-electron chi connectivity index (χ0n) is 15.3. The molecule has 2 aromatic rings. The van der Waals surface area contributed by atoms with Crippen LogP contribution in [0.1, 0.15) is 56.6 Å². The molecule has 1 heterocycles. The summed E-state index contributed by atoms with van der Waals surface area (Å²) in [7, 11) is 0. The number of halogens is 3. The molecule has 0 spiro atoms. The Labute approximate surface area is 153 Å². The molecule has 0 N–H and O–H groups in total. The van der Waals surface area contributed by atoms with Crippen LogP contribution in [0, 0.1) is 17.5 Å². The molecule has 1 nitrogen and oxygen atoms in total. The van der Waals surface area contributed by atoms with Crippen molar-refractivity contribution in [3.8, 4) is 11.1 Å². The van der Waals surface area contributed by atoms with Crippen LogP contribution < -0.4 is 0 Å². The number of hydrogen-bond acceptors (Lipinski definition) is 1. The van der Waals surface area contributed by atoms with E-state index in [2.05, 4.69) is 6.92 Å². The van der Waals surface area contributed by atoms with Crippen molar-refractivity contribution in [3.63, 3.8) is 0 Å². The number of rotatable bonds is 5. The minimum atomic E-state index is -0.917. The van der Waals surface area contributed by atoms with Crippen molar-refractivity contribution in [1.29, 1.82) is 0 Å². The third-order valence-electron chi connectivity index (χ3n) is 5.28. The molecule has 0 aliphatic carbocycles. The SMILES string of the molecule is CCCC1CCC(c2ccc(-c3ccc(CC)c(F)c3F)cc2F)CO1. The fourth-order valence-corrected chi connectivity index (χ4v) is 3.71. The summed E-state index contributed by atoms with van der Waals surface area (Å²) in [5.41, 5.74) is 1.36. The van der Waals surface area contributed by atoms with Gasteiger partial charge in [-0.05, 0) is 48.4 Å². The van der Waals surface area contributed by atoms with E-state index >= 15 is 0 Å². The van der Waals surface area contributed by atoms with E-state index in [1.165, 1.54) is 12.1 Å². The smallest absolute Gasteiger partial charge is 0.166 e. The van der Waals surface area contributed by atoms with E-state index in [1.54, 1.807) is 25.1 Å². The van der Waals surface area contributed by atoms with Crippen LogP contribution in [0.25, 0.3) is 11.1 Å². The summed E-state index contributed by atoms with van der Waals surface area (Å²) < 4.78 is 48.9. The maximum Gasteiger partial charge on any atom is 0.166 e. The molecule has 1 fully saturated rings. The van der Waals surface area contributed by atoms with E-state index in [4.69, 9.17) is 4.74 Å². The van der Waals surface area contributed by atoms with E-state index in [0.717, 1.165) is 25.7 Å². The predicted molar refractivity (Wildman–Crippen MR) is 97.8 cm³/mol. The van der Waals surface area contributed by atoms with Gasteiger partial charge >= 0.3 is 0 Å². The maximum absolute atomic E-state index is 14.7. The number of ether oxygens (including phenoxy) is 1. The summed E-state index contributed by atoms with van der Waals surface area (Å²) in [5.74, 6) is -2.14. The Kier molecular flexibility index (Phi) is 6.02. The van der Waals surface area contributed by atoms with Crippen molar-refractivity contribution in [2.75, 3.05) is 6.61 Å². The van der Waals surface area contributed by atoms with Crippen molar-refractivity contribution in [1.82, 2.24) is 0 Å². The lowest BCUT2D eigenvalue weighted by atomic mass is 9.89. The van der Waals surface area contributed by atoms with Gasteiger partial charge in [0.1, 0.15) is 5.82 Å². The molecule has 4 heteroatoms. The number of benzene rings is 2. The minimum Gasteiger partial charge on any atom is -0.378 e. The van der Waals surface area contributed by atoms with Gasteiger partial charge in [-0.25, -0.2) is 13.2 Å². The van der Waals surface area contributed by atoms with Crippen molar-refractivity contribution in [3.05, 3.63) is 58.9 Å². The van der Waals surface area contributed by atoms with Gasteiger partial charge in [-0.2, -0.15) is 0 Å². The molecular formula is C22H25F3O. The average molecular weight is 362 g/mol. The molecule has 0 radical (unpaired) electrons. The lowest BCUT2D eigenvalue weighted by Crippen LogP contribution is -2.25. The summed E-state index contributed by atoms with van der Waals surface area (Å²) in [6.07, 6.45) is 4.61. The highest BCUT2D eigenvalue weighted by Crippen LogP contribution is 2.34. The largest absolute Gasteiger partial charge is 0.378 e. The summed E-state index contributed by atoms with van der Waals surface area (Å²) in [4.78, 5) is 0. The Bertz CT molecular complexity index is 764. The van der Waals surface area contributed by atoms with Gasteiger partial charge in [-0.3, -0.25) is 0 Å². The lowest BCUT2D eigenvalue weighted by molar-refractivity contribution is -0.00172. The second kappa shape index (κ2) is 8.26. The van der Waals surface area contributed by atoms with Gasteiger partial charge in [0.15, 0.2) is 11.6 Å². The minimum absolute atomic E-state index is 0.0150. The van der Waals surface area contributed by atoms with E-state index in [1.807, 2.05) is 0 Å². The van der Waals surface area contributed by atoms with Crippen LogP contribution in [0.4, 0.5) is 13.2 Å². The number of hydrogen-bond donors (Lipinski definition) is 0. The first-order valence-electron chi connectivity index (χ1n) is 9.43. The monoisotopic (exact) mass is 362 g/mol. The van der Waals surface area contributed by atoms with Gasteiger partial charge in [0.05, 0.1) is 12.7 Å². The summed E-state index contributed by atoms with van der Waals surface area (Å²) in [6.45, 7) is 4.40. The van der Waals surface area contributed by atoms with Gasteiger partial charge < -0.3 is 4.74 Å². The molecular weight excluding hydrogens is 337 g/mol. The van der Waals surface area contributed by atoms with Gasteiger partial charge in [-0.1, -0.05) is 44.5 Å². The second-order valence-electron chi connectivity index (χ2n) is 7.01. The maximum atomic E-state index is 14.7. The Morgan fingerprint density at radius 2 is 1.81 bits per heavy atom. The van der Waals surface area contributed by atoms with Crippen LogP contribution in [0.2, 0.25) is 0 Å². The number of aryl methyl sites for hydroxylation is 1. The third kappa shape index (κ3) is 3.80. The molecule has 3 rings (SSSR count). The first-order valence-corrected chi connectivity index (χ1v) is 9.43. The molecule has 26 heavy (non-hydrogen) atoms. The highest BCUT2D eigenvalue weighted by atomic mass is 19.2. The van der Waals surface area contributed by atoms with Gasteiger partial charge in [0.25, 0.3) is 0 Å². The molecule has 140 valence electrons. The average Bonchev–Trinajstić information content (AvgIpc) is 2.65. The van der Waals surface area contributed by atoms with E-state index < -0.39 is 11.6 Å². The standard InChI is InChI=1S/C22H25F3O/c1-3-5-17-9-6-16(13-26-17)18-10-8-15(12-20(18)23)19-11-7-14(4-2)21(24)22(19)25/h7-8,10-12,16-17H,3-6,9,13H2,1-2H3. The van der Waals surface area contributed by atoms with Crippen molar-refractivity contribution in [2.45, 2.75) is 58.0 Å². The molecule has 1 saturated heterocycles. The fourth-order valence-electron chi connectivity index (χ4n) is 3.71. The molecule has 1 aliphatic rings. The zero-order chi connectivity index (χ0) is 18.7. The quantitative estimate of drug-likeness (QED) is 0.598. The van der Waals surface area contributed by atoms with Gasteiger partial charge in [0, 0.05) is 11.5 Å². The van der Waals surface area contributed by atoms with Gasteiger partial charge in [0.2, 0.25) is 0 Å². The summed E-state index contributed by atoms with van der Waals surface area (Å²) in [5, 5.41) is 0. The fraction of sp³-hybridized carbons (Fsp3) is 0.455. The molecule has 0 aromatic heterocycles. The van der Waals surface area contributed by atoms with Crippen molar-refractivity contribution < 1.29 is 17.9 Å². The van der Waals surface area contributed by atoms with E-state index in [9.17, 15) is 13.2 Å². The molecule has 0 amide bonds. The predicted octanol–water partition coefficient (Wildman–Crippen LogP) is 6.40. The van der Waals surface area contributed by atoms with Crippen molar-refractivity contribution in [2.24, 2.45) is 0 Å². The van der Waals surface area contributed by atoms with E-state index in [0.29, 0.717) is 29.7 Å². The van der Waals surface area contributed by atoms with E-state index in [-0.39, 0.29) is 23.4 Å². The van der Waals surface area contributed by atoms with Crippen LogP contribution in [-0.4, -0.2) is 12.7 Å². The normalized spacial score (nSPS) is 20.3. The van der Waals surface area contributed by atoms with Crippen LogP contribution in [-0.2, 0) is 11.2 Å². The Hall–Kier alpha value is -1.81. The van der Waals surface area contributed by atoms with Crippen LogP contribution >= 0.6 is 0 Å². The molecule has 0 bridgehead atoms.